The third-order valence-corrected chi connectivity index (χ3v) is 7.27. The zero-order valence-electron chi connectivity index (χ0n) is 18.2. The number of benzene rings is 1. The van der Waals surface area contributed by atoms with Gasteiger partial charge in [0.2, 0.25) is 5.91 Å². The molecule has 3 saturated heterocycles. The molecule has 170 valence electrons. The van der Waals surface area contributed by atoms with Crippen molar-refractivity contribution in [3.63, 3.8) is 0 Å². The van der Waals surface area contributed by atoms with E-state index >= 15 is 0 Å². The SMILES string of the molecule is O=C(CCC1=NNC2C3CC(c4ccccc4)NN3C=CN12)N1CCC2(CC1)OCCO2. The van der Waals surface area contributed by atoms with E-state index in [1.54, 1.807) is 0 Å². The van der Waals surface area contributed by atoms with Crippen molar-refractivity contribution in [1.29, 1.82) is 0 Å². The summed E-state index contributed by atoms with van der Waals surface area (Å²) in [6, 6.07) is 11.1. The van der Waals surface area contributed by atoms with Gasteiger partial charge in [-0.25, -0.2) is 5.43 Å². The van der Waals surface area contributed by atoms with E-state index in [1.807, 2.05) is 11.0 Å². The van der Waals surface area contributed by atoms with Crippen LogP contribution in [0.5, 0.6) is 0 Å². The van der Waals surface area contributed by atoms with Crippen LogP contribution in [0.4, 0.5) is 0 Å². The fraction of sp³-hybridized carbons (Fsp3) is 0.565. The van der Waals surface area contributed by atoms with Gasteiger partial charge in [0, 0.05) is 51.2 Å². The summed E-state index contributed by atoms with van der Waals surface area (Å²) in [4.78, 5) is 16.9. The second kappa shape index (κ2) is 8.06. The van der Waals surface area contributed by atoms with Crippen molar-refractivity contribution >= 4 is 11.7 Å². The van der Waals surface area contributed by atoms with Crippen molar-refractivity contribution in [3.05, 3.63) is 48.3 Å². The fourth-order valence-electron chi connectivity index (χ4n) is 5.47. The minimum absolute atomic E-state index is 0.0813. The summed E-state index contributed by atoms with van der Waals surface area (Å²) in [6.07, 6.45) is 7.82. The first-order valence-electron chi connectivity index (χ1n) is 11.6. The van der Waals surface area contributed by atoms with Crippen LogP contribution in [-0.2, 0) is 14.3 Å². The summed E-state index contributed by atoms with van der Waals surface area (Å²) in [7, 11) is 0. The molecule has 32 heavy (non-hydrogen) atoms. The highest BCUT2D eigenvalue weighted by Crippen LogP contribution is 2.34. The molecule has 0 saturated carbocycles. The Morgan fingerprint density at radius 2 is 1.91 bits per heavy atom. The number of amides is 1. The van der Waals surface area contributed by atoms with Gasteiger partial charge in [-0.3, -0.25) is 10.2 Å². The Balaban J connectivity index is 1.03. The van der Waals surface area contributed by atoms with Crippen LogP contribution in [0.25, 0.3) is 0 Å². The van der Waals surface area contributed by atoms with Gasteiger partial charge >= 0.3 is 0 Å². The predicted octanol–water partition coefficient (Wildman–Crippen LogP) is 1.48. The molecule has 9 nitrogen and oxygen atoms in total. The molecule has 1 amide bonds. The topological polar surface area (TPSA) is 81.7 Å². The van der Waals surface area contributed by atoms with Gasteiger partial charge in [0.1, 0.15) is 12.0 Å². The maximum absolute atomic E-state index is 12.8. The van der Waals surface area contributed by atoms with E-state index in [2.05, 4.69) is 62.5 Å². The van der Waals surface area contributed by atoms with Gasteiger partial charge in [0.15, 0.2) is 5.79 Å². The minimum Gasteiger partial charge on any atom is -0.347 e. The number of hydrogen-bond acceptors (Lipinski definition) is 8. The zero-order valence-corrected chi connectivity index (χ0v) is 18.2. The van der Waals surface area contributed by atoms with E-state index in [9.17, 15) is 4.79 Å². The van der Waals surface area contributed by atoms with Crippen LogP contribution >= 0.6 is 0 Å². The van der Waals surface area contributed by atoms with Gasteiger partial charge in [0.05, 0.1) is 25.3 Å². The van der Waals surface area contributed by atoms with Crippen molar-refractivity contribution in [2.45, 2.75) is 56.1 Å². The van der Waals surface area contributed by atoms with E-state index in [0.717, 1.165) is 25.1 Å². The highest BCUT2D eigenvalue weighted by molar-refractivity contribution is 5.89. The van der Waals surface area contributed by atoms with E-state index in [4.69, 9.17) is 9.47 Å². The van der Waals surface area contributed by atoms with Crippen molar-refractivity contribution in [3.8, 4) is 0 Å². The van der Waals surface area contributed by atoms with Crippen LogP contribution < -0.4 is 10.9 Å². The van der Waals surface area contributed by atoms with E-state index in [1.165, 1.54) is 5.56 Å². The number of rotatable bonds is 4. The Hall–Kier alpha value is -2.62. The summed E-state index contributed by atoms with van der Waals surface area (Å²) in [5, 5.41) is 6.78. The number of likely N-dealkylation sites (tertiary alicyclic amines) is 1. The number of piperidine rings is 1. The molecule has 1 aromatic carbocycles. The molecule has 0 radical (unpaired) electrons. The first kappa shape index (κ1) is 20.0. The lowest BCUT2D eigenvalue weighted by atomic mass is 9.99. The molecule has 5 aliphatic heterocycles. The number of fused-ring (bicyclic) bond motifs is 3. The molecule has 2 N–H and O–H groups in total. The number of hydrogen-bond donors (Lipinski definition) is 2. The lowest BCUT2D eigenvalue weighted by molar-refractivity contribution is -0.187. The predicted molar refractivity (Wildman–Crippen MR) is 118 cm³/mol. The summed E-state index contributed by atoms with van der Waals surface area (Å²) in [5.74, 6) is 0.664. The maximum atomic E-state index is 12.8. The van der Waals surface area contributed by atoms with E-state index in [0.29, 0.717) is 39.1 Å². The second-order valence-corrected chi connectivity index (χ2v) is 9.10. The monoisotopic (exact) mass is 438 g/mol. The lowest BCUT2D eigenvalue weighted by Crippen LogP contribution is -2.54. The molecule has 3 atom stereocenters. The largest absolute Gasteiger partial charge is 0.347 e. The molecule has 5 aliphatic rings. The molecule has 0 bridgehead atoms. The normalized spacial score (nSPS) is 30.3. The fourth-order valence-corrected chi connectivity index (χ4v) is 5.47. The van der Waals surface area contributed by atoms with E-state index < -0.39 is 5.79 Å². The molecule has 9 heteroatoms. The Morgan fingerprint density at radius 3 is 2.69 bits per heavy atom. The van der Waals surface area contributed by atoms with Crippen LogP contribution in [0, 0.1) is 0 Å². The second-order valence-electron chi connectivity index (χ2n) is 9.10. The Morgan fingerprint density at radius 1 is 1.12 bits per heavy atom. The molecule has 3 fully saturated rings. The number of hydrazone groups is 1. The number of carbonyl (C=O) groups is 1. The van der Waals surface area contributed by atoms with Gasteiger partial charge in [-0.2, -0.15) is 5.10 Å². The summed E-state index contributed by atoms with van der Waals surface area (Å²) < 4.78 is 11.5. The van der Waals surface area contributed by atoms with Crippen molar-refractivity contribution in [1.82, 2.24) is 25.7 Å². The molecule has 5 heterocycles. The van der Waals surface area contributed by atoms with Crippen LogP contribution in [0.15, 0.2) is 47.8 Å². The quantitative estimate of drug-likeness (QED) is 0.737. The van der Waals surface area contributed by atoms with Crippen LogP contribution in [0.2, 0.25) is 0 Å². The van der Waals surface area contributed by atoms with Crippen LogP contribution in [-0.4, -0.2) is 70.8 Å². The molecule has 1 spiro atoms. The third kappa shape index (κ3) is 3.54. The minimum atomic E-state index is -0.444. The van der Waals surface area contributed by atoms with Crippen molar-refractivity contribution in [2.75, 3.05) is 26.3 Å². The summed E-state index contributed by atoms with van der Waals surface area (Å²) >= 11 is 0. The summed E-state index contributed by atoms with van der Waals surface area (Å²) in [6.45, 7) is 2.70. The number of carbonyl (C=O) groups excluding carboxylic acids is 1. The van der Waals surface area contributed by atoms with Gasteiger partial charge in [-0.1, -0.05) is 30.3 Å². The molecule has 6 rings (SSSR count). The molecular formula is C23H30N6O3. The summed E-state index contributed by atoms with van der Waals surface area (Å²) in [5.41, 5.74) is 8.20. The highest BCUT2D eigenvalue weighted by Gasteiger charge is 2.44. The van der Waals surface area contributed by atoms with Gasteiger partial charge in [0.25, 0.3) is 0 Å². The number of ether oxygens (including phenoxy) is 2. The average Bonchev–Trinajstić information content (AvgIpc) is 3.57. The Labute approximate surface area is 188 Å². The molecule has 0 aliphatic carbocycles. The molecule has 3 unspecified atom stereocenters. The first-order chi connectivity index (χ1) is 15.7. The average molecular weight is 439 g/mol. The number of hydrazine groups is 1. The highest BCUT2D eigenvalue weighted by atomic mass is 16.7. The number of nitrogens with zero attached hydrogens (tertiary/aromatic N) is 4. The first-order valence-corrected chi connectivity index (χ1v) is 11.6. The van der Waals surface area contributed by atoms with Gasteiger partial charge < -0.3 is 24.3 Å². The maximum Gasteiger partial charge on any atom is 0.223 e. The molecule has 1 aromatic rings. The van der Waals surface area contributed by atoms with Crippen LogP contribution in [0.3, 0.4) is 0 Å². The van der Waals surface area contributed by atoms with Gasteiger partial charge in [-0.05, 0) is 12.0 Å². The van der Waals surface area contributed by atoms with Crippen molar-refractivity contribution in [2.24, 2.45) is 5.10 Å². The van der Waals surface area contributed by atoms with E-state index in [-0.39, 0.29) is 24.2 Å². The third-order valence-electron chi connectivity index (χ3n) is 7.27. The molecule has 0 aromatic heterocycles. The number of amidine groups is 1. The van der Waals surface area contributed by atoms with Crippen molar-refractivity contribution < 1.29 is 14.3 Å². The standard InChI is InChI=1S/C23H30N6O3/c30-21(27-10-8-23(9-11-27)31-14-15-32-23)7-6-20-24-25-22-19-16-18(17-4-2-1-3-5-17)26-29(19)13-12-28(20)22/h1-5,12-13,18-19,22,25-26H,6-11,14-16H2. The smallest absolute Gasteiger partial charge is 0.223 e. The Bertz CT molecular complexity index is 906. The van der Waals surface area contributed by atoms with Crippen LogP contribution in [0.1, 0.15) is 43.7 Å². The lowest BCUT2D eigenvalue weighted by Gasteiger charge is -2.38. The molecular weight excluding hydrogens is 408 g/mol. The zero-order chi connectivity index (χ0) is 21.5. The number of nitrogens with one attached hydrogen (secondary N) is 2. The van der Waals surface area contributed by atoms with Gasteiger partial charge in [-0.15, -0.1) is 0 Å². The Kier molecular flexibility index (Phi) is 5.04.